The standard InChI is InChI=1S/C20H23F3N2O.2ClH/c1-14-3-4-17(13-15(14)2)19(25-11-9-24-10-12-25)16-5-7-18(8-6-16)26-20(21,22)23;;/h3-8,13,19,24H,9-12H2,1-2H3;2*1H/t19-;;/m1../s1. The summed E-state index contributed by atoms with van der Waals surface area (Å²) in [6.45, 7) is 7.72. The summed E-state index contributed by atoms with van der Waals surface area (Å²) in [7, 11) is 0. The van der Waals surface area contributed by atoms with E-state index in [1.807, 2.05) is 0 Å². The van der Waals surface area contributed by atoms with Crippen molar-refractivity contribution >= 4 is 24.8 Å². The fourth-order valence-corrected chi connectivity index (χ4v) is 3.34. The topological polar surface area (TPSA) is 24.5 Å². The van der Waals surface area contributed by atoms with Crippen LogP contribution >= 0.6 is 24.8 Å². The van der Waals surface area contributed by atoms with Crippen molar-refractivity contribution in [3.8, 4) is 5.75 Å². The first-order valence-corrected chi connectivity index (χ1v) is 8.71. The highest BCUT2D eigenvalue weighted by Crippen LogP contribution is 2.32. The third-order valence-corrected chi connectivity index (χ3v) is 4.79. The van der Waals surface area contributed by atoms with Gasteiger partial charge in [-0.15, -0.1) is 38.0 Å². The van der Waals surface area contributed by atoms with Gasteiger partial charge in [-0.25, -0.2) is 0 Å². The van der Waals surface area contributed by atoms with Crippen LogP contribution in [0.2, 0.25) is 0 Å². The quantitative estimate of drug-likeness (QED) is 0.726. The number of alkyl halides is 3. The van der Waals surface area contributed by atoms with E-state index in [9.17, 15) is 13.2 Å². The molecule has 1 aliphatic heterocycles. The Kier molecular flexibility index (Phi) is 9.08. The van der Waals surface area contributed by atoms with Crippen molar-refractivity contribution < 1.29 is 17.9 Å². The maximum absolute atomic E-state index is 12.4. The Labute approximate surface area is 176 Å². The minimum absolute atomic E-state index is 0. The average molecular weight is 437 g/mol. The van der Waals surface area contributed by atoms with Crippen LogP contribution in [0.1, 0.15) is 28.3 Å². The number of halogens is 5. The van der Waals surface area contributed by atoms with E-state index in [-0.39, 0.29) is 36.6 Å². The minimum atomic E-state index is -4.67. The normalized spacial score (nSPS) is 15.9. The van der Waals surface area contributed by atoms with Crippen molar-refractivity contribution in [3.63, 3.8) is 0 Å². The van der Waals surface area contributed by atoms with Crippen LogP contribution < -0.4 is 10.1 Å². The number of nitrogens with one attached hydrogen (secondary N) is 1. The van der Waals surface area contributed by atoms with E-state index < -0.39 is 6.36 Å². The maximum Gasteiger partial charge on any atom is 0.573 e. The molecular weight excluding hydrogens is 412 g/mol. The molecule has 1 aliphatic rings. The van der Waals surface area contributed by atoms with Gasteiger partial charge < -0.3 is 10.1 Å². The van der Waals surface area contributed by atoms with Crippen LogP contribution in [0.3, 0.4) is 0 Å². The number of benzene rings is 2. The van der Waals surface area contributed by atoms with Crippen LogP contribution in [0.4, 0.5) is 13.2 Å². The molecule has 8 heteroatoms. The Morgan fingerprint density at radius 3 is 2.00 bits per heavy atom. The third kappa shape index (κ3) is 6.27. The van der Waals surface area contributed by atoms with Gasteiger partial charge in [0, 0.05) is 26.2 Å². The second kappa shape index (κ2) is 10.3. The number of rotatable bonds is 4. The van der Waals surface area contributed by atoms with Crippen LogP contribution in [0, 0.1) is 13.8 Å². The summed E-state index contributed by atoms with van der Waals surface area (Å²) in [5.74, 6) is -0.194. The predicted octanol–water partition coefficient (Wildman–Crippen LogP) is 5.04. The van der Waals surface area contributed by atoms with E-state index in [4.69, 9.17) is 0 Å². The van der Waals surface area contributed by atoms with E-state index in [0.717, 1.165) is 37.3 Å². The van der Waals surface area contributed by atoms with Crippen LogP contribution in [-0.2, 0) is 0 Å². The largest absolute Gasteiger partial charge is 0.573 e. The Bertz CT molecular complexity index is 748. The van der Waals surface area contributed by atoms with Gasteiger partial charge in [0.05, 0.1) is 6.04 Å². The first kappa shape index (κ1) is 24.6. The van der Waals surface area contributed by atoms with E-state index in [1.165, 1.54) is 23.3 Å². The fourth-order valence-electron chi connectivity index (χ4n) is 3.34. The summed E-state index contributed by atoms with van der Waals surface area (Å²) in [6, 6.07) is 12.6. The molecule has 0 aliphatic carbocycles. The maximum atomic E-state index is 12.4. The van der Waals surface area contributed by atoms with Gasteiger partial charge in [-0.05, 0) is 48.2 Å². The number of hydrogen-bond donors (Lipinski definition) is 1. The van der Waals surface area contributed by atoms with E-state index >= 15 is 0 Å². The molecule has 2 aromatic carbocycles. The molecule has 1 heterocycles. The zero-order valence-electron chi connectivity index (χ0n) is 15.8. The van der Waals surface area contributed by atoms with Crippen LogP contribution in [0.15, 0.2) is 42.5 Å². The average Bonchev–Trinajstić information content (AvgIpc) is 2.59. The molecule has 0 aromatic heterocycles. The Balaban J connectivity index is 0.00000196. The highest BCUT2D eigenvalue weighted by atomic mass is 35.5. The third-order valence-electron chi connectivity index (χ3n) is 4.79. The van der Waals surface area contributed by atoms with Gasteiger partial charge in [-0.1, -0.05) is 30.3 Å². The zero-order valence-corrected chi connectivity index (χ0v) is 17.4. The van der Waals surface area contributed by atoms with Crippen molar-refractivity contribution in [2.45, 2.75) is 26.3 Å². The Morgan fingerprint density at radius 1 is 0.893 bits per heavy atom. The lowest BCUT2D eigenvalue weighted by Crippen LogP contribution is -2.45. The molecule has 0 amide bonds. The first-order valence-electron chi connectivity index (χ1n) is 8.71. The molecule has 156 valence electrons. The monoisotopic (exact) mass is 436 g/mol. The first-order chi connectivity index (χ1) is 12.3. The lowest BCUT2D eigenvalue weighted by atomic mass is 9.94. The van der Waals surface area contributed by atoms with Gasteiger partial charge in [-0.3, -0.25) is 4.90 Å². The van der Waals surface area contributed by atoms with Crippen molar-refractivity contribution in [1.29, 1.82) is 0 Å². The molecule has 28 heavy (non-hydrogen) atoms. The highest BCUT2D eigenvalue weighted by molar-refractivity contribution is 5.85. The number of ether oxygens (including phenoxy) is 1. The molecule has 0 bridgehead atoms. The number of nitrogens with zero attached hydrogens (tertiary/aromatic N) is 1. The van der Waals surface area contributed by atoms with Crippen LogP contribution in [0.5, 0.6) is 5.75 Å². The Morgan fingerprint density at radius 2 is 1.46 bits per heavy atom. The summed E-state index contributed by atoms with van der Waals surface area (Å²) < 4.78 is 41.2. The van der Waals surface area contributed by atoms with Crippen molar-refractivity contribution in [1.82, 2.24) is 10.2 Å². The molecule has 1 saturated heterocycles. The van der Waals surface area contributed by atoms with Gasteiger partial charge in [0.15, 0.2) is 0 Å². The SMILES string of the molecule is Cc1ccc([C@@H](c2ccc(OC(F)(F)F)cc2)N2CCNCC2)cc1C.Cl.Cl. The molecule has 0 radical (unpaired) electrons. The van der Waals surface area contributed by atoms with Gasteiger partial charge >= 0.3 is 6.36 Å². The van der Waals surface area contributed by atoms with Crippen LogP contribution in [0.25, 0.3) is 0 Å². The molecule has 0 saturated carbocycles. The lowest BCUT2D eigenvalue weighted by molar-refractivity contribution is -0.274. The second-order valence-corrected chi connectivity index (χ2v) is 6.65. The van der Waals surface area contributed by atoms with Gasteiger partial charge in [0.2, 0.25) is 0 Å². The van der Waals surface area contributed by atoms with E-state index in [0.29, 0.717) is 0 Å². The highest BCUT2D eigenvalue weighted by Gasteiger charge is 2.31. The smallest absolute Gasteiger partial charge is 0.406 e. The molecule has 0 spiro atoms. The number of hydrogen-bond acceptors (Lipinski definition) is 3. The molecule has 1 atom stereocenters. The van der Waals surface area contributed by atoms with Crippen molar-refractivity contribution in [2.75, 3.05) is 26.2 Å². The second-order valence-electron chi connectivity index (χ2n) is 6.65. The Hall–Kier alpha value is -1.47. The van der Waals surface area contributed by atoms with Crippen molar-refractivity contribution in [3.05, 3.63) is 64.7 Å². The van der Waals surface area contributed by atoms with E-state index in [1.54, 1.807) is 12.1 Å². The summed E-state index contributed by atoms with van der Waals surface area (Å²) in [4.78, 5) is 2.36. The number of piperazine rings is 1. The van der Waals surface area contributed by atoms with Gasteiger partial charge in [0.25, 0.3) is 0 Å². The molecular formula is C20H25Cl2F3N2O. The van der Waals surface area contributed by atoms with Gasteiger partial charge in [0.1, 0.15) is 5.75 Å². The minimum Gasteiger partial charge on any atom is -0.406 e. The lowest BCUT2D eigenvalue weighted by Gasteiger charge is -2.36. The fraction of sp³-hybridized carbons (Fsp3) is 0.400. The van der Waals surface area contributed by atoms with E-state index in [2.05, 4.69) is 47.0 Å². The van der Waals surface area contributed by atoms with Crippen molar-refractivity contribution in [2.24, 2.45) is 0 Å². The number of aryl methyl sites for hydroxylation is 2. The molecule has 1 fully saturated rings. The summed E-state index contributed by atoms with van der Waals surface area (Å²) in [5.41, 5.74) is 4.55. The summed E-state index contributed by atoms with van der Waals surface area (Å²) >= 11 is 0. The molecule has 0 unspecified atom stereocenters. The predicted molar refractivity (Wildman–Crippen MR) is 110 cm³/mol. The van der Waals surface area contributed by atoms with Crippen LogP contribution in [-0.4, -0.2) is 37.4 Å². The zero-order chi connectivity index (χ0) is 18.7. The van der Waals surface area contributed by atoms with Gasteiger partial charge in [-0.2, -0.15) is 0 Å². The summed E-state index contributed by atoms with van der Waals surface area (Å²) in [5, 5.41) is 3.34. The molecule has 1 N–H and O–H groups in total. The molecule has 3 rings (SSSR count). The summed E-state index contributed by atoms with van der Waals surface area (Å²) in [6.07, 6.45) is -4.67. The molecule has 3 nitrogen and oxygen atoms in total. The molecule has 2 aromatic rings.